The first-order valence-corrected chi connectivity index (χ1v) is 10.3. The van der Waals surface area contributed by atoms with Crippen LogP contribution in [0.15, 0.2) is 24.3 Å². The zero-order valence-corrected chi connectivity index (χ0v) is 17.3. The number of nitrogens with zero attached hydrogens (tertiary/aromatic N) is 3. The molecule has 29 heavy (non-hydrogen) atoms. The van der Waals surface area contributed by atoms with Crippen molar-refractivity contribution >= 4 is 6.03 Å². The van der Waals surface area contributed by atoms with Crippen molar-refractivity contribution in [2.75, 3.05) is 45.8 Å². The molecule has 0 spiro atoms. The van der Waals surface area contributed by atoms with Crippen molar-refractivity contribution in [2.24, 2.45) is 0 Å². The maximum Gasteiger partial charge on any atom is 0.401 e. The van der Waals surface area contributed by atoms with Crippen LogP contribution < -0.4 is 5.32 Å². The Kier molecular flexibility index (Phi) is 6.73. The molecule has 3 rings (SSSR count). The fourth-order valence-corrected chi connectivity index (χ4v) is 4.11. The van der Waals surface area contributed by atoms with Gasteiger partial charge in [-0.2, -0.15) is 13.2 Å². The quantitative estimate of drug-likeness (QED) is 0.826. The summed E-state index contributed by atoms with van der Waals surface area (Å²) in [6, 6.07) is 8.25. The zero-order chi connectivity index (χ0) is 21.1. The maximum atomic E-state index is 12.6. The van der Waals surface area contributed by atoms with Crippen molar-refractivity contribution in [2.45, 2.75) is 44.9 Å². The lowest BCUT2D eigenvalue weighted by atomic mass is 9.94. The number of fused-ring (bicyclic) bond motifs is 1. The molecule has 1 fully saturated rings. The lowest BCUT2D eigenvalue weighted by Crippen LogP contribution is -2.55. The van der Waals surface area contributed by atoms with Crippen molar-refractivity contribution in [3.8, 4) is 0 Å². The van der Waals surface area contributed by atoms with Gasteiger partial charge >= 0.3 is 12.2 Å². The van der Waals surface area contributed by atoms with Crippen molar-refractivity contribution in [3.63, 3.8) is 0 Å². The molecule has 1 saturated heterocycles. The van der Waals surface area contributed by atoms with Gasteiger partial charge in [0, 0.05) is 51.4 Å². The van der Waals surface area contributed by atoms with Crippen LogP contribution in [0.3, 0.4) is 0 Å². The van der Waals surface area contributed by atoms with Crippen LogP contribution in [0, 0.1) is 0 Å². The van der Waals surface area contributed by atoms with Crippen LogP contribution in [0.2, 0.25) is 0 Å². The number of rotatable bonds is 4. The van der Waals surface area contributed by atoms with E-state index in [1.54, 1.807) is 4.90 Å². The van der Waals surface area contributed by atoms with E-state index < -0.39 is 12.7 Å². The van der Waals surface area contributed by atoms with Crippen molar-refractivity contribution in [3.05, 3.63) is 35.4 Å². The number of carbonyl (C=O) groups is 1. The standard InChI is InChI=1S/C21H31F3N4O/c1-20(2,28-11-8-17-6-3-4-7-18(17)14-28)15-25-19(29)27-10-5-9-26(12-13-27)16-21(22,23)24/h3-4,6-7H,5,8-16H2,1-2H3,(H,25,29). The molecule has 2 aliphatic rings. The van der Waals surface area contributed by atoms with Gasteiger partial charge in [-0.1, -0.05) is 24.3 Å². The lowest BCUT2D eigenvalue weighted by Gasteiger charge is -2.42. The van der Waals surface area contributed by atoms with Gasteiger partial charge < -0.3 is 10.2 Å². The molecule has 2 amide bonds. The SMILES string of the molecule is CC(C)(CNC(=O)N1CCCN(CC(F)(F)F)CC1)N1CCc2ccccc2C1. The van der Waals surface area contributed by atoms with Crippen molar-refractivity contribution < 1.29 is 18.0 Å². The molecule has 0 radical (unpaired) electrons. The van der Waals surface area contributed by atoms with E-state index in [4.69, 9.17) is 0 Å². The summed E-state index contributed by atoms with van der Waals surface area (Å²) >= 11 is 0. The lowest BCUT2D eigenvalue weighted by molar-refractivity contribution is -0.145. The number of urea groups is 1. The Morgan fingerprint density at radius 3 is 2.48 bits per heavy atom. The minimum Gasteiger partial charge on any atom is -0.336 e. The Bertz CT molecular complexity index is 707. The highest BCUT2D eigenvalue weighted by Crippen LogP contribution is 2.25. The summed E-state index contributed by atoms with van der Waals surface area (Å²) in [5.41, 5.74) is 2.50. The molecule has 2 aliphatic heterocycles. The third-order valence-electron chi connectivity index (χ3n) is 5.94. The number of hydrogen-bond acceptors (Lipinski definition) is 3. The van der Waals surface area contributed by atoms with E-state index >= 15 is 0 Å². The summed E-state index contributed by atoms with van der Waals surface area (Å²) < 4.78 is 37.8. The average molecular weight is 413 g/mol. The number of hydrogen-bond donors (Lipinski definition) is 1. The van der Waals surface area contributed by atoms with Gasteiger partial charge in [-0.3, -0.25) is 9.80 Å². The molecule has 0 aromatic heterocycles. The fourth-order valence-electron chi connectivity index (χ4n) is 4.11. The van der Waals surface area contributed by atoms with Gasteiger partial charge in [0.1, 0.15) is 0 Å². The minimum atomic E-state index is -4.20. The maximum absolute atomic E-state index is 12.6. The van der Waals surface area contributed by atoms with Crippen LogP contribution in [0.1, 0.15) is 31.4 Å². The highest BCUT2D eigenvalue weighted by Gasteiger charge is 2.33. The Morgan fingerprint density at radius 2 is 1.76 bits per heavy atom. The second-order valence-corrected chi connectivity index (χ2v) is 8.64. The Hall–Kier alpha value is -1.80. The first-order valence-electron chi connectivity index (χ1n) is 10.3. The summed E-state index contributed by atoms with van der Waals surface area (Å²) in [7, 11) is 0. The number of nitrogens with one attached hydrogen (secondary N) is 1. The molecule has 1 N–H and O–H groups in total. The second kappa shape index (κ2) is 8.92. The summed E-state index contributed by atoms with van der Waals surface area (Å²) in [5, 5.41) is 3.01. The molecule has 0 saturated carbocycles. The van der Waals surface area contributed by atoms with Gasteiger partial charge in [-0.25, -0.2) is 4.79 Å². The fraction of sp³-hybridized carbons (Fsp3) is 0.667. The molecule has 0 bridgehead atoms. The van der Waals surface area contributed by atoms with Crippen molar-refractivity contribution in [1.29, 1.82) is 0 Å². The van der Waals surface area contributed by atoms with Crippen LogP contribution in [0.5, 0.6) is 0 Å². The number of benzene rings is 1. The summed E-state index contributed by atoms with van der Waals surface area (Å²) in [5.74, 6) is 0. The van der Waals surface area contributed by atoms with Gasteiger partial charge in [0.15, 0.2) is 0 Å². The Balaban J connectivity index is 1.49. The third kappa shape index (κ3) is 6.09. The first kappa shape index (κ1) is 21.9. The van der Waals surface area contributed by atoms with Gasteiger partial charge in [0.25, 0.3) is 0 Å². The van der Waals surface area contributed by atoms with Crippen LogP contribution >= 0.6 is 0 Å². The molecule has 0 unspecified atom stereocenters. The van der Waals surface area contributed by atoms with Crippen LogP contribution in [-0.4, -0.2) is 78.3 Å². The monoisotopic (exact) mass is 412 g/mol. The van der Waals surface area contributed by atoms with Crippen LogP contribution in [-0.2, 0) is 13.0 Å². The van der Waals surface area contributed by atoms with Gasteiger partial charge in [0.2, 0.25) is 0 Å². The molecule has 1 aromatic rings. The molecular formula is C21H31F3N4O. The molecular weight excluding hydrogens is 381 g/mol. The Labute approximate surface area is 170 Å². The average Bonchev–Trinajstić information content (AvgIpc) is 2.90. The highest BCUT2D eigenvalue weighted by atomic mass is 19.4. The van der Waals surface area contributed by atoms with E-state index in [0.717, 1.165) is 19.5 Å². The van der Waals surface area contributed by atoms with E-state index in [0.29, 0.717) is 32.6 Å². The first-order chi connectivity index (χ1) is 13.6. The van der Waals surface area contributed by atoms with E-state index in [9.17, 15) is 18.0 Å². The number of halogens is 3. The van der Waals surface area contributed by atoms with E-state index in [2.05, 4.69) is 48.3 Å². The van der Waals surface area contributed by atoms with Crippen LogP contribution in [0.25, 0.3) is 0 Å². The van der Waals surface area contributed by atoms with E-state index in [1.165, 1.54) is 16.0 Å². The van der Waals surface area contributed by atoms with Gasteiger partial charge in [-0.15, -0.1) is 0 Å². The normalized spacial score (nSPS) is 19.6. The van der Waals surface area contributed by atoms with E-state index in [-0.39, 0.29) is 18.1 Å². The van der Waals surface area contributed by atoms with Gasteiger partial charge in [-0.05, 0) is 37.8 Å². The molecule has 162 valence electrons. The highest BCUT2D eigenvalue weighted by molar-refractivity contribution is 5.74. The summed E-state index contributed by atoms with van der Waals surface area (Å²) in [4.78, 5) is 18.0. The predicted octanol–water partition coefficient (Wildman–Crippen LogP) is 3.10. The zero-order valence-electron chi connectivity index (χ0n) is 17.3. The largest absolute Gasteiger partial charge is 0.401 e. The Morgan fingerprint density at radius 1 is 1.03 bits per heavy atom. The molecule has 0 atom stereocenters. The minimum absolute atomic E-state index is 0.190. The smallest absolute Gasteiger partial charge is 0.336 e. The number of alkyl halides is 3. The molecule has 5 nitrogen and oxygen atoms in total. The number of carbonyl (C=O) groups excluding carboxylic acids is 1. The predicted molar refractivity (Wildman–Crippen MR) is 107 cm³/mol. The topological polar surface area (TPSA) is 38.8 Å². The molecule has 2 heterocycles. The van der Waals surface area contributed by atoms with E-state index in [1.807, 2.05) is 0 Å². The summed E-state index contributed by atoms with van der Waals surface area (Å²) in [6.07, 6.45) is -2.65. The van der Waals surface area contributed by atoms with Gasteiger partial charge in [0.05, 0.1) is 6.54 Å². The van der Waals surface area contributed by atoms with Crippen LogP contribution in [0.4, 0.5) is 18.0 Å². The number of amides is 2. The molecule has 8 heteroatoms. The third-order valence-corrected chi connectivity index (χ3v) is 5.94. The second-order valence-electron chi connectivity index (χ2n) is 8.64. The molecule has 0 aliphatic carbocycles. The van der Waals surface area contributed by atoms with Crippen molar-refractivity contribution in [1.82, 2.24) is 20.0 Å². The summed E-state index contributed by atoms with van der Waals surface area (Å²) in [6.45, 7) is 7.04. The molecule has 1 aromatic carbocycles.